The number of rotatable bonds is 4. The summed E-state index contributed by atoms with van der Waals surface area (Å²) in [6.07, 6.45) is 3.35. The fourth-order valence-electron chi connectivity index (χ4n) is 4.66. The minimum absolute atomic E-state index is 0.0558. The second-order valence-electron chi connectivity index (χ2n) is 8.42. The van der Waals surface area contributed by atoms with Gasteiger partial charge in [0, 0.05) is 37.6 Å². The average molecular weight is 415 g/mol. The van der Waals surface area contributed by atoms with E-state index in [4.69, 9.17) is 4.74 Å². The molecule has 1 saturated heterocycles. The summed E-state index contributed by atoms with van der Waals surface area (Å²) in [6, 6.07) is 18.2. The summed E-state index contributed by atoms with van der Waals surface area (Å²) < 4.78 is 5.98. The van der Waals surface area contributed by atoms with Gasteiger partial charge >= 0.3 is 0 Å². The first-order valence-electron chi connectivity index (χ1n) is 10.9. The van der Waals surface area contributed by atoms with Gasteiger partial charge in [-0.3, -0.25) is 9.59 Å². The predicted octanol–water partition coefficient (Wildman–Crippen LogP) is 4.48. The van der Waals surface area contributed by atoms with Crippen molar-refractivity contribution in [2.45, 2.75) is 25.8 Å². The molecule has 158 valence electrons. The largest absolute Gasteiger partial charge is 0.483 e. The molecule has 31 heavy (non-hydrogen) atoms. The van der Waals surface area contributed by atoms with Crippen molar-refractivity contribution in [2.75, 3.05) is 26.7 Å². The Hall–Kier alpha value is -3.34. The maximum atomic E-state index is 12.5. The molecule has 2 aliphatic rings. The standard InChI is InChI=1S/C26H26N2O3/c1-27-16-19-15-18(9-10-21(19)26(27)30)20-11-12-24(23-8-4-3-7-22(20)23)31-17-25(29)28-13-5-2-6-14-28/h3-4,7-12,15H,2,5-6,13-14,16-17H2,1H3. The van der Waals surface area contributed by atoms with Crippen LogP contribution in [0.2, 0.25) is 0 Å². The fraction of sp³-hybridized carbons (Fsp3) is 0.308. The van der Waals surface area contributed by atoms with Gasteiger partial charge in [0.15, 0.2) is 6.61 Å². The lowest BCUT2D eigenvalue weighted by atomic mass is 9.95. The topological polar surface area (TPSA) is 49.9 Å². The van der Waals surface area contributed by atoms with E-state index in [0.717, 1.165) is 64.7 Å². The minimum atomic E-state index is 0.0558. The van der Waals surface area contributed by atoms with E-state index in [1.54, 1.807) is 4.90 Å². The van der Waals surface area contributed by atoms with E-state index >= 15 is 0 Å². The first-order valence-corrected chi connectivity index (χ1v) is 10.9. The van der Waals surface area contributed by atoms with Crippen LogP contribution in [0.5, 0.6) is 5.75 Å². The Morgan fingerprint density at radius 3 is 2.48 bits per heavy atom. The number of hydrogen-bond acceptors (Lipinski definition) is 3. The Balaban J connectivity index is 1.44. The lowest BCUT2D eigenvalue weighted by Gasteiger charge is -2.26. The molecule has 3 aromatic carbocycles. The molecule has 2 amide bonds. The zero-order valence-electron chi connectivity index (χ0n) is 17.8. The van der Waals surface area contributed by atoms with E-state index in [9.17, 15) is 9.59 Å². The molecule has 2 aliphatic heterocycles. The molecule has 2 heterocycles. The number of fused-ring (bicyclic) bond motifs is 2. The minimum Gasteiger partial charge on any atom is -0.483 e. The first kappa shape index (κ1) is 19.6. The van der Waals surface area contributed by atoms with E-state index in [1.807, 2.05) is 54.4 Å². The Labute approximate surface area is 182 Å². The Kier molecular flexibility index (Phi) is 5.10. The van der Waals surface area contributed by atoms with Crippen molar-refractivity contribution in [3.05, 3.63) is 65.7 Å². The monoisotopic (exact) mass is 414 g/mol. The summed E-state index contributed by atoms with van der Waals surface area (Å²) in [4.78, 5) is 28.4. The highest BCUT2D eigenvalue weighted by Crippen LogP contribution is 2.36. The molecule has 0 aliphatic carbocycles. The number of ether oxygens (including phenoxy) is 1. The van der Waals surface area contributed by atoms with Gasteiger partial charge in [-0.1, -0.05) is 36.4 Å². The molecule has 0 spiro atoms. The number of carbonyl (C=O) groups excluding carboxylic acids is 2. The highest BCUT2D eigenvalue weighted by atomic mass is 16.5. The molecule has 0 saturated carbocycles. The summed E-state index contributed by atoms with van der Waals surface area (Å²) in [5.74, 6) is 0.856. The average Bonchev–Trinajstić information content (AvgIpc) is 3.10. The van der Waals surface area contributed by atoms with Gasteiger partial charge < -0.3 is 14.5 Å². The van der Waals surface area contributed by atoms with E-state index < -0.39 is 0 Å². The molecule has 0 bridgehead atoms. The third-order valence-electron chi connectivity index (χ3n) is 6.34. The highest BCUT2D eigenvalue weighted by molar-refractivity contribution is 6.02. The lowest BCUT2D eigenvalue weighted by Crippen LogP contribution is -2.38. The smallest absolute Gasteiger partial charge is 0.260 e. The maximum Gasteiger partial charge on any atom is 0.260 e. The lowest BCUT2D eigenvalue weighted by molar-refractivity contribution is -0.134. The molecule has 5 rings (SSSR count). The van der Waals surface area contributed by atoms with Gasteiger partial charge in [0.2, 0.25) is 0 Å². The van der Waals surface area contributed by atoms with Gasteiger partial charge in [-0.05, 0) is 59.5 Å². The molecule has 5 heteroatoms. The van der Waals surface area contributed by atoms with Gasteiger partial charge in [0.05, 0.1) is 0 Å². The van der Waals surface area contributed by atoms with E-state index in [-0.39, 0.29) is 18.4 Å². The molecule has 3 aromatic rings. The van der Waals surface area contributed by atoms with Crippen LogP contribution in [-0.2, 0) is 11.3 Å². The third-order valence-corrected chi connectivity index (χ3v) is 6.34. The van der Waals surface area contributed by atoms with E-state index in [2.05, 4.69) is 12.1 Å². The van der Waals surface area contributed by atoms with Crippen molar-refractivity contribution in [1.29, 1.82) is 0 Å². The normalized spacial score (nSPS) is 16.0. The van der Waals surface area contributed by atoms with Gasteiger partial charge in [-0.2, -0.15) is 0 Å². The summed E-state index contributed by atoms with van der Waals surface area (Å²) >= 11 is 0. The molecule has 0 aromatic heterocycles. The molecular formula is C26H26N2O3. The van der Waals surface area contributed by atoms with Crippen LogP contribution in [0.15, 0.2) is 54.6 Å². The van der Waals surface area contributed by atoms with Gasteiger partial charge in [-0.25, -0.2) is 0 Å². The number of amides is 2. The van der Waals surface area contributed by atoms with Crippen molar-refractivity contribution < 1.29 is 14.3 Å². The number of piperidine rings is 1. The third kappa shape index (κ3) is 3.65. The van der Waals surface area contributed by atoms with Gasteiger partial charge in [0.25, 0.3) is 11.8 Å². The number of carbonyl (C=O) groups is 2. The van der Waals surface area contributed by atoms with Crippen LogP contribution in [0.25, 0.3) is 21.9 Å². The predicted molar refractivity (Wildman–Crippen MR) is 121 cm³/mol. The van der Waals surface area contributed by atoms with E-state index in [1.165, 1.54) is 6.42 Å². The fourth-order valence-corrected chi connectivity index (χ4v) is 4.66. The van der Waals surface area contributed by atoms with Crippen molar-refractivity contribution in [1.82, 2.24) is 9.80 Å². The van der Waals surface area contributed by atoms with Crippen molar-refractivity contribution in [3.8, 4) is 16.9 Å². The Morgan fingerprint density at radius 1 is 0.935 bits per heavy atom. The molecule has 0 unspecified atom stereocenters. The molecule has 5 nitrogen and oxygen atoms in total. The second-order valence-corrected chi connectivity index (χ2v) is 8.42. The summed E-state index contributed by atoms with van der Waals surface area (Å²) in [6.45, 7) is 2.37. The molecule has 0 atom stereocenters. The zero-order valence-corrected chi connectivity index (χ0v) is 17.8. The van der Waals surface area contributed by atoms with Gasteiger partial charge in [-0.15, -0.1) is 0 Å². The highest BCUT2D eigenvalue weighted by Gasteiger charge is 2.24. The molecule has 0 N–H and O–H groups in total. The van der Waals surface area contributed by atoms with Crippen LogP contribution < -0.4 is 4.74 Å². The molecular weight excluding hydrogens is 388 g/mol. The summed E-state index contributed by atoms with van der Waals surface area (Å²) in [5.41, 5.74) is 4.01. The van der Waals surface area contributed by atoms with Crippen LogP contribution in [0, 0.1) is 0 Å². The van der Waals surface area contributed by atoms with Crippen molar-refractivity contribution in [2.24, 2.45) is 0 Å². The quantitative estimate of drug-likeness (QED) is 0.632. The Bertz CT molecular complexity index is 1160. The van der Waals surface area contributed by atoms with Crippen molar-refractivity contribution in [3.63, 3.8) is 0 Å². The first-order chi connectivity index (χ1) is 15.1. The number of likely N-dealkylation sites (tertiary alicyclic amines) is 1. The van der Waals surface area contributed by atoms with Crippen LogP contribution in [-0.4, -0.2) is 48.4 Å². The van der Waals surface area contributed by atoms with Crippen LogP contribution in [0.3, 0.4) is 0 Å². The van der Waals surface area contributed by atoms with Crippen LogP contribution in [0.4, 0.5) is 0 Å². The van der Waals surface area contributed by atoms with Gasteiger partial charge in [0.1, 0.15) is 5.75 Å². The molecule has 1 fully saturated rings. The zero-order chi connectivity index (χ0) is 21.4. The molecule has 0 radical (unpaired) electrons. The Morgan fingerprint density at radius 2 is 1.68 bits per heavy atom. The SMILES string of the molecule is CN1Cc2cc(-c3ccc(OCC(=O)N4CCCCC4)c4ccccc34)ccc2C1=O. The number of hydrogen-bond donors (Lipinski definition) is 0. The second kappa shape index (κ2) is 8.06. The number of benzene rings is 3. The summed E-state index contributed by atoms with van der Waals surface area (Å²) in [7, 11) is 1.83. The van der Waals surface area contributed by atoms with Crippen molar-refractivity contribution >= 4 is 22.6 Å². The summed E-state index contributed by atoms with van der Waals surface area (Å²) in [5, 5.41) is 2.06. The van der Waals surface area contributed by atoms with Crippen LogP contribution >= 0.6 is 0 Å². The maximum absolute atomic E-state index is 12.5. The number of nitrogens with zero attached hydrogens (tertiary/aromatic N) is 2. The van der Waals surface area contributed by atoms with E-state index in [0.29, 0.717) is 6.54 Å². The van der Waals surface area contributed by atoms with Crippen LogP contribution in [0.1, 0.15) is 35.2 Å².